The van der Waals surface area contributed by atoms with E-state index in [0.717, 1.165) is 0 Å². The average Bonchev–Trinajstić information content (AvgIpc) is 2.26. The monoisotopic (exact) mass is 222 g/mol. The number of aldehydes is 1. The predicted octanol–water partition coefficient (Wildman–Crippen LogP) is 1.05. The molecular weight excluding hydrogens is 212 g/mol. The summed E-state index contributed by atoms with van der Waals surface area (Å²) in [6.07, 6.45) is 0.715. The molecule has 0 aromatic heterocycles. The summed E-state index contributed by atoms with van der Waals surface area (Å²) in [4.78, 5) is 10.2. The second-order valence-corrected chi connectivity index (χ2v) is 4.79. The maximum atomic E-state index is 11.6. The molecule has 4 heteroatoms. The molecular formula is C11H10O3S. The van der Waals surface area contributed by atoms with E-state index in [1.165, 1.54) is 12.1 Å². The first-order valence-corrected chi connectivity index (χ1v) is 5.99. The molecule has 3 nitrogen and oxygen atoms in total. The molecule has 1 rings (SSSR count). The standard InChI is InChI=1S/C11H10O3S/c12-9-5-2-6-10-15(13,14)11-7-3-1-4-8-11/h1,3-4,7-9H,5,10H2. The fourth-order valence-electron chi connectivity index (χ4n) is 0.971. The molecule has 15 heavy (non-hydrogen) atoms. The summed E-state index contributed by atoms with van der Waals surface area (Å²) < 4.78 is 23.2. The first-order valence-electron chi connectivity index (χ1n) is 4.34. The van der Waals surface area contributed by atoms with Crippen molar-refractivity contribution in [2.45, 2.75) is 11.3 Å². The Bertz CT molecular complexity index is 478. The maximum Gasteiger partial charge on any atom is 0.189 e. The van der Waals surface area contributed by atoms with Crippen molar-refractivity contribution in [1.82, 2.24) is 0 Å². The van der Waals surface area contributed by atoms with E-state index in [1.807, 2.05) is 0 Å². The van der Waals surface area contributed by atoms with Crippen LogP contribution in [0.25, 0.3) is 0 Å². The topological polar surface area (TPSA) is 51.2 Å². The number of benzene rings is 1. The zero-order valence-electron chi connectivity index (χ0n) is 8.01. The molecule has 0 spiro atoms. The summed E-state index contributed by atoms with van der Waals surface area (Å²) in [6.45, 7) is 0. The third-order valence-electron chi connectivity index (χ3n) is 1.67. The largest absolute Gasteiger partial charge is 0.302 e. The molecule has 78 valence electrons. The summed E-state index contributed by atoms with van der Waals surface area (Å²) >= 11 is 0. The van der Waals surface area contributed by atoms with Gasteiger partial charge in [0.1, 0.15) is 12.0 Å². The Labute approximate surface area is 89.0 Å². The normalized spacial score (nSPS) is 10.1. The third-order valence-corrected chi connectivity index (χ3v) is 3.19. The van der Waals surface area contributed by atoms with Crippen LogP contribution in [0, 0.1) is 11.8 Å². The third kappa shape index (κ3) is 3.56. The van der Waals surface area contributed by atoms with Crippen LogP contribution < -0.4 is 0 Å². The summed E-state index contributed by atoms with van der Waals surface area (Å²) in [5.74, 6) is 4.67. The molecule has 0 fully saturated rings. The number of hydrogen-bond donors (Lipinski definition) is 0. The van der Waals surface area contributed by atoms with Crippen LogP contribution in [0.4, 0.5) is 0 Å². The predicted molar refractivity (Wildman–Crippen MR) is 57.0 cm³/mol. The average molecular weight is 222 g/mol. The number of carbonyl (C=O) groups is 1. The number of rotatable bonds is 3. The molecule has 0 saturated heterocycles. The Morgan fingerprint density at radius 2 is 1.80 bits per heavy atom. The second kappa shape index (κ2) is 5.32. The van der Waals surface area contributed by atoms with Gasteiger partial charge in [0.15, 0.2) is 9.84 Å². The first-order chi connectivity index (χ1) is 7.17. The first kappa shape index (κ1) is 11.5. The highest BCUT2D eigenvalue weighted by Crippen LogP contribution is 2.08. The molecule has 0 radical (unpaired) electrons. The molecule has 0 aliphatic rings. The van der Waals surface area contributed by atoms with Crippen LogP contribution in [0.2, 0.25) is 0 Å². The van der Waals surface area contributed by atoms with Crippen molar-refractivity contribution in [1.29, 1.82) is 0 Å². The van der Waals surface area contributed by atoms with E-state index in [2.05, 4.69) is 11.8 Å². The van der Waals surface area contributed by atoms with E-state index in [-0.39, 0.29) is 17.1 Å². The van der Waals surface area contributed by atoms with Crippen LogP contribution in [0.3, 0.4) is 0 Å². The van der Waals surface area contributed by atoms with Gasteiger partial charge in [-0.25, -0.2) is 8.42 Å². The maximum absolute atomic E-state index is 11.6. The lowest BCUT2D eigenvalue weighted by Crippen LogP contribution is -2.04. The van der Waals surface area contributed by atoms with Gasteiger partial charge in [0.2, 0.25) is 0 Å². The quantitative estimate of drug-likeness (QED) is 0.567. The van der Waals surface area contributed by atoms with Crippen LogP contribution >= 0.6 is 0 Å². The second-order valence-electron chi connectivity index (χ2n) is 2.80. The Morgan fingerprint density at radius 3 is 2.40 bits per heavy atom. The molecule has 0 saturated carbocycles. The highest BCUT2D eigenvalue weighted by atomic mass is 32.2. The number of carbonyl (C=O) groups excluding carboxylic acids is 1. The van der Waals surface area contributed by atoms with Crippen LogP contribution in [0.1, 0.15) is 6.42 Å². The van der Waals surface area contributed by atoms with Gasteiger partial charge >= 0.3 is 0 Å². The highest BCUT2D eigenvalue weighted by Gasteiger charge is 2.10. The molecule has 0 aliphatic heterocycles. The van der Waals surface area contributed by atoms with Gasteiger partial charge in [-0.1, -0.05) is 30.0 Å². The minimum absolute atomic E-state index is 0.0737. The van der Waals surface area contributed by atoms with E-state index in [0.29, 0.717) is 6.29 Å². The van der Waals surface area contributed by atoms with Gasteiger partial charge in [0.05, 0.1) is 11.3 Å². The molecule has 0 heterocycles. The van der Waals surface area contributed by atoms with Gasteiger partial charge in [-0.05, 0) is 12.1 Å². The fraction of sp³-hybridized carbons (Fsp3) is 0.182. The molecule has 0 unspecified atom stereocenters. The minimum Gasteiger partial charge on any atom is -0.302 e. The van der Waals surface area contributed by atoms with Crippen LogP contribution in [-0.2, 0) is 14.6 Å². The minimum atomic E-state index is -3.33. The SMILES string of the molecule is O=CCC#CCS(=O)(=O)c1ccccc1. The van der Waals surface area contributed by atoms with Gasteiger partial charge < -0.3 is 4.79 Å². The Morgan fingerprint density at radius 1 is 1.13 bits per heavy atom. The van der Waals surface area contributed by atoms with Crippen molar-refractivity contribution in [3.8, 4) is 11.8 Å². The van der Waals surface area contributed by atoms with E-state index in [9.17, 15) is 13.2 Å². The lowest BCUT2D eigenvalue weighted by atomic mass is 10.4. The molecule has 1 aromatic rings. The number of sulfone groups is 1. The van der Waals surface area contributed by atoms with Gasteiger partial charge in [0.25, 0.3) is 0 Å². The smallest absolute Gasteiger partial charge is 0.189 e. The highest BCUT2D eigenvalue weighted by molar-refractivity contribution is 7.91. The van der Waals surface area contributed by atoms with E-state index >= 15 is 0 Å². The van der Waals surface area contributed by atoms with Crippen molar-refractivity contribution in [3.63, 3.8) is 0 Å². The molecule has 0 atom stereocenters. The van der Waals surface area contributed by atoms with Gasteiger partial charge in [-0.3, -0.25) is 0 Å². The molecule has 0 bridgehead atoms. The van der Waals surface area contributed by atoms with Crippen molar-refractivity contribution < 1.29 is 13.2 Å². The Balaban J connectivity index is 2.79. The van der Waals surface area contributed by atoms with E-state index < -0.39 is 9.84 Å². The summed E-state index contributed by atoms with van der Waals surface area (Å²) in [6, 6.07) is 8.11. The van der Waals surface area contributed by atoms with Crippen molar-refractivity contribution in [3.05, 3.63) is 30.3 Å². The van der Waals surface area contributed by atoms with Crippen molar-refractivity contribution in [2.24, 2.45) is 0 Å². The van der Waals surface area contributed by atoms with Crippen LogP contribution in [0.5, 0.6) is 0 Å². The zero-order chi connectivity index (χ0) is 11.1. The van der Waals surface area contributed by atoms with Crippen LogP contribution in [-0.4, -0.2) is 20.5 Å². The van der Waals surface area contributed by atoms with Gasteiger partial charge in [-0.2, -0.15) is 0 Å². The molecule has 0 aliphatic carbocycles. The lowest BCUT2D eigenvalue weighted by Gasteiger charge is -1.98. The van der Waals surface area contributed by atoms with E-state index in [4.69, 9.17) is 0 Å². The number of hydrogen-bond acceptors (Lipinski definition) is 3. The zero-order valence-corrected chi connectivity index (χ0v) is 8.83. The van der Waals surface area contributed by atoms with Gasteiger partial charge in [0, 0.05) is 0 Å². The fourth-order valence-corrected chi connectivity index (χ4v) is 2.00. The Kier molecular flexibility index (Phi) is 4.07. The Hall–Kier alpha value is -1.60. The summed E-state index contributed by atoms with van der Waals surface area (Å²) in [5, 5.41) is 0. The summed E-state index contributed by atoms with van der Waals surface area (Å²) in [5.41, 5.74) is 0. The van der Waals surface area contributed by atoms with E-state index in [1.54, 1.807) is 18.2 Å². The van der Waals surface area contributed by atoms with Crippen LogP contribution in [0.15, 0.2) is 35.2 Å². The summed E-state index contributed by atoms with van der Waals surface area (Å²) in [7, 11) is -3.33. The lowest BCUT2D eigenvalue weighted by molar-refractivity contribution is -0.107. The molecule has 0 N–H and O–H groups in total. The van der Waals surface area contributed by atoms with Gasteiger partial charge in [-0.15, -0.1) is 0 Å². The molecule has 0 amide bonds. The van der Waals surface area contributed by atoms with Crippen molar-refractivity contribution in [2.75, 3.05) is 5.75 Å². The molecule has 1 aromatic carbocycles. The van der Waals surface area contributed by atoms with Crippen molar-refractivity contribution >= 4 is 16.1 Å².